The van der Waals surface area contributed by atoms with Crippen LogP contribution in [0.2, 0.25) is 0 Å². The highest BCUT2D eigenvalue weighted by atomic mass is 16.1. The molecule has 1 rings (SSSR count). The fourth-order valence-electron chi connectivity index (χ4n) is 2.92. The van der Waals surface area contributed by atoms with E-state index in [0.717, 1.165) is 38.3 Å². The van der Waals surface area contributed by atoms with Gasteiger partial charge in [-0.2, -0.15) is 0 Å². The van der Waals surface area contributed by atoms with Crippen molar-refractivity contribution in [2.45, 2.75) is 77.6 Å². The Morgan fingerprint density at radius 3 is 2.60 bits per heavy atom. The third kappa shape index (κ3) is 9.35. The van der Waals surface area contributed by atoms with E-state index in [1.807, 2.05) is 0 Å². The zero-order valence-electron chi connectivity index (χ0n) is 13.4. The van der Waals surface area contributed by atoms with E-state index in [1.54, 1.807) is 0 Å². The summed E-state index contributed by atoms with van der Waals surface area (Å²) >= 11 is 0. The first-order valence-electron chi connectivity index (χ1n) is 8.80. The summed E-state index contributed by atoms with van der Waals surface area (Å²) in [6.45, 7) is 5.41. The smallest absolute Gasteiger partial charge is 0.219 e. The Morgan fingerprint density at radius 2 is 1.90 bits per heavy atom. The molecule has 0 radical (unpaired) electrons. The lowest BCUT2D eigenvalue weighted by atomic mass is 9.96. The van der Waals surface area contributed by atoms with Crippen molar-refractivity contribution in [3.8, 4) is 0 Å². The van der Waals surface area contributed by atoms with Gasteiger partial charge in [0.15, 0.2) is 0 Å². The van der Waals surface area contributed by atoms with Crippen LogP contribution in [0.25, 0.3) is 0 Å². The van der Waals surface area contributed by atoms with Gasteiger partial charge in [0.05, 0.1) is 0 Å². The molecule has 0 spiro atoms. The Morgan fingerprint density at radius 1 is 1.15 bits per heavy atom. The third-order valence-corrected chi connectivity index (χ3v) is 4.28. The van der Waals surface area contributed by atoms with Crippen LogP contribution in [0.15, 0.2) is 0 Å². The topological polar surface area (TPSA) is 41.1 Å². The summed E-state index contributed by atoms with van der Waals surface area (Å²) < 4.78 is 0. The normalized spacial score (nSPS) is 18.9. The Hall–Kier alpha value is -0.570. The molecule has 0 aliphatic carbocycles. The molecule has 20 heavy (non-hydrogen) atoms. The van der Waals surface area contributed by atoms with Crippen molar-refractivity contribution in [2.75, 3.05) is 19.6 Å². The molecule has 0 bridgehead atoms. The van der Waals surface area contributed by atoms with E-state index in [1.165, 1.54) is 57.9 Å². The van der Waals surface area contributed by atoms with Crippen LogP contribution in [0.3, 0.4) is 0 Å². The number of nitrogens with one attached hydrogen (secondary N) is 2. The molecule has 118 valence electrons. The third-order valence-electron chi connectivity index (χ3n) is 4.28. The van der Waals surface area contributed by atoms with Gasteiger partial charge in [0, 0.05) is 13.0 Å². The SMILES string of the molecule is CCCCCCCCCC(=O)NCCC1CCCNC1. The fraction of sp³-hybridized carbons (Fsp3) is 0.941. The summed E-state index contributed by atoms with van der Waals surface area (Å²) in [4.78, 5) is 11.7. The number of piperidine rings is 1. The van der Waals surface area contributed by atoms with E-state index in [-0.39, 0.29) is 5.91 Å². The number of carbonyl (C=O) groups excluding carboxylic acids is 1. The highest BCUT2D eigenvalue weighted by Crippen LogP contribution is 2.13. The van der Waals surface area contributed by atoms with Crippen LogP contribution in [0.5, 0.6) is 0 Å². The van der Waals surface area contributed by atoms with Crippen molar-refractivity contribution in [3.05, 3.63) is 0 Å². The second-order valence-corrected chi connectivity index (χ2v) is 6.22. The molecule has 1 unspecified atom stereocenters. The average molecular weight is 282 g/mol. The minimum atomic E-state index is 0.252. The van der Waals surface area contributed by atoms with Crippen molar-refractivity contribution in [3.63, 3.8) is 0 Å². The zero-order valence-corrected chi connectivity index (χ0v) is 13.4. The summed E-state index contributed by atoms with van der Waals surface area (Å²) in [6, 6.07) is 0. The minimum absolute atomic E-state index is 0.252. The van der Waals surface area contributed by atoms with Crippen molar-refractivity contribution in [1.29, 1.82) is 0 Å². The van der Waals surface area contributed by atoms with E-state index in [9.17, 15) is 4.79 Å². The van der Waals surface area contributed by atoms with Gasteiger partial charge in [-0.3, -0.25) is 4.79 Å². The fourth-order valence-corrected chi connectivity index (χ4v) is 2.92. The van der Waals surface area contributed by atoms with Gasteiger partial charge in [0.25, 0.3) is 0 Å². The molecule has 3 heteroatoms. The molecule has 0 aromatic carbocycles. The van der Waals surface area contributed by atoms with Crippen LogP contribution >= 0.6 is 0 Å². The highest BCUT2D eigenvalue weighted by molar-refractivity contribution is 5.75. The van der Waals surface area contributed by atoms with Crippen molar-refractivity contribution >= 4 is 5.91 Å². The van der Waals surface area contributed by atoms with Crippen LogP contribution in [0.1, 0.15) is 77.6 Å². The molecule has 2 N–H and O–H groups in total. The Balaban J connectivity index is 1.85. The number of hydrogen-bond acceptors (Lipinski definition) is 2. The van der Waals surface area contributed by atoms with Gasteiger partial charge in [0.2, 0.25) is 5.91 Å². The molecule has 1 fully saturated rings. The van der Waals surface area contributed by atoms with Crippen LogP contribution in [-0.4, -0.2) is 25.5 Å². The molecule has 3 nitrogen and oxygen atoms in total. The molecule has 0 aromatic heterocycles. The first kappa shape index (κ1) is 17.5. The summed E-state index contributed by atoms with van der Waals surface area (Å²) in [6.07, 6.45) is 13.4. The van der Waals surface area contributed by atoms with Crippen molar-refractivity contribution in [2.24, 2.45) is 5.92 Å². The summed E-state index contributed by atoms with van der Waals surface area (Å²) in [7, 11) is 0. The molecule has 0 aromatic rings. The molecule has 1 heterocycles. The number of unbranched alkanes of at least 4 members (excludes halogenated alkanes) is 6. The predicted molar refractivity (Wildman–Crippen MR) is 85.8 cm³/mol. The first-order valence-corrected chi connectivity index (χ1v) is 8.80. The van der Waals surface area contributed by atoms with E-state index >= 15 is 0 Å². The Bertz CT molecular complexity index is 237. The van der Waals surface area contributed by atoms with Gasteiger partial charge < -0.3 is 10.6 Å². The number of hydrogen-bond donors (Lipinski definition) is 2. The van der Waals surface area contributed by atoms with Gasteiger partial charge >= 0.3 is 0 Å². The van der Waals surface area contributed by atoms with Gasteiger partial charge in [-0.15, -0.1) is 0 Å². The van der Waals surface area contributed by atoms with Crippen LogP contribution in [0.4, 0.5) is 0 Å². The van der Waals surface area contributed by atoms with E-state index in [0.29, 0.717) is 0 Å². The highest BCUT2D eigenvalue weighted by Gasteiger charge is 2.12. The quantitative estimate of drug-likeness (QED) is 0.568. The monoisotopic (exact) mass is 282 g/mol. The zero-order chi connectivity index (χ0) is 14.5. The Labute approximate surface area is 125 Å². The van der Waals surface area contributed by atoms with Crippen molar-refractivity contribution < 1.29 is 4.79 Å². The van der Waals surface area contributed by atoms with Gasteiger partial charge in [0.1, 0.15) is 0 Å². The van der Waals surface area contributed by atoms with Gasteiger partial charge in [-0.1, -0.05) is 45.4 Å². The lowest BCUT2D eigenvalue weighted by Gasteiger charge is -2.22. The van der Waals surface area contributed by atoms with Gasteiger partial charge in [-0.05, 0) is 44.7 Å². The molecule has 1 aliphatic heterocycles. The van der Waals surface area contributed by atoms with E-state index in [4.69, 9.17) is 0 Å². The molecular formula is C17H34N2O. The maximum atomic E-state index is 11.7. The number of rotatable bonds is 11. The molecule has 1 saturated heterocycles. The first-order chi connectivity index (χ1) is 9.83. The molecule has 1 amide bonds. The minimum Gasteiger partial charge on any atom is -0.356 e. The molecule has 0 saturated carbocycles. The number of amides is 1. The molecular weight excluding hydrogens is 248 g/mol. The largest absolute Gasteiger partial charge is 0.356 e. The van der Waals surface area contributed by atoms with E-state index < -0.39 is 0 Å². The lowest BCUT2D eigenvalue weighted by molar-refractivity contribution is -0.121. The number of carbonyl (C=O) groups is 1. The second-order valence-electron chi connectivity index (χ2n) is 6.22. The Kier molecular flexibility index (Phi) is 10.7. The average Bonchev–Trinajstić information content (AvgIpc) is 2.47. The van der Waals surface area contributed by atoms with Crippen LogP contribution < -0.4 is 10.6 Å². The predicted octanol–water partition coefficient (Wildman–Crippen LogP) is 3.63. The van der Waals surface area contributed by atoms with Crippen molar-refractivity contribution in [1.82, 2.24) is 10.6 Å². The summed E-state index contributed by atoms with van der Waals surface area (Å²) in [5.74, 6) is 1.02. The molecule has 1 atom stereocenters. The van der Waals surface area contributed by atoms with Crippen LogP contribution in [-0.2, 0) is 4.79 Å². The summed E-state index contributed by atoms with van der Waals surface area (Å²) in [5, 5.41) is 6.50. The standard InChI is InChI=1S/C17H34N2O/c1-2-3-4-5-6-7-8-11-17(20)19-14-12-16-10-9-13-18-15-16/h16,18H,2-15H2,1H3,(H,19,20). The van der Waals surface area contributed by atoms with E-state index in [2.05, 4.69) is 17.6 Å². The van der Waals surface area contributed by atoms with Gasteiger partial charge in [-0.25, -0.2) is 0 Å². The lowest BCUT2D eigenvalue weighted by Crippen LogP contribution is -2.33. The maximum absolute atomic E-state index is 11.7. The molecule has 1 aliphatic rings. The maximum Gasteiger partial charge on any atom is 0.219 e. The van der Waals surface area contributed by atoms with Crippen LogP contribution in [0, 0.1) is 5.92 Å². The summed E-state index contributed by atoms with van der Waals surface area (Å²) in [5.41, 5.74) is 0. The second kappa shape index (κ2) is 12.2.